The molecule has 0 aliphatic carbocycles. The lowest BCUT2D eigenvalue weighted by atomic mass is 10.0. The van der Waals surface area contributed by atoms with Gasteiger partial charge in [0.05, 0.1) is 6.61 Å². The summed E-state index contributed by atoms with van der Waals surface area (Å²) in [5.74, 6) is 0.483. The molecule has 0 fully saturated rings. The van der Waals surface area contributed by atoms with Crippen LogP contribution in [0.5, 0.6) is 23.0 Å². The Hall–Kier alpha value is -3.99. The van der Waals surface area contributed by atoms with Crippen LogP contribution < -0.4 is 14.2 Å². The summed E-state index contributed by atoms with van der Waals surface area (Å²) in [6.07, 6.45) is 6.88. The fraction of sp³-hybridized carbons (Fsp3) is 0.294. The Balaban J connectivity index is 1.51. The van der Waals surface area contributed by atoms with Gasteiger partial charge >= 0.3 is 0 Å². The van der Waals surface area contributed by atoms with Gasteiger partial charge < -0.3 is 19.3 Å². The standard InChI is InChI=1S/C34H37FO4/c1-2-3-4-5-6-13-20-37-32-19-18-28(21-30(32)35)29-22-34(39-25-27-16-11-8-12-17-27)31(36)23-33(29)38-24-26-14-9-7-10-15-26/h7-12,14-19,21-23,36H,2-6,13,20,24-25H2,1H3. The molecule has 0 aliphatic heterocycles. The van der Waals surface area contributed by atoms with Crippen LogP contribution in [0.1, 0.15) is 56.6 Å². The number of halogens is 1. The average Bonchev–Trinajstić information content (AvgIpc) is 2.97. The summed E-state index contributed by atoms with van der Waals surface area (Å²) in [6, 6.07) is 27.6. The highest BCUT2D eigenvalue weighted by molar-refractivity contribution is 5.74. The predicted molar refractivity (Wildman–Crippen MR) is 154 cm³/mol. The molecule has 4 rings (SSSR count). The smallest absolute Gasteiger partial charge is 0.165 e. The van der Waals surface area contributed by atoms with Gasteiger partial charge in [-0.1, -0.05) is 106 Å². The van der Waals surface area contributed by atoms with Gasteiger partial charge in [-0.15, -0.1) is 0 Å². The minimum absolute atomic E-state index is 0.0443. The van der Waals surface area contributed by atoms with Crippen LogP contribution in [0.4, 0.5) is 4.39 Å². The Morgan fingerprint density at radius 2 is 1.23 bits per heavy atom. The van der Waals surface area contributed by atoms with Crippen molar-refractivity contribution in [2.45, 2.75) is 58.7 Å². The van der Waals surface area contributed by atoms with Crippen LogP contribution in [-0.4, -0.2) is 11.7 Å². The Labute approximate surface area is 231 Å². The molecule has 0 saturated heterocycles. The predicted octanol–water partition coefficient (Wildman–Crippen LogP) is 9.10. The number of phenolic OH excluding ortho intramolecular Hbond substituents is 1. The molecule has 4 aromatic carbocycles. The molecule has 0 aromatic heterocycles. The third-order valence-electron chi connectivity index (χ3n) is 6.53. The first-order chi connectivity index (χ1) is 19.1. The molecule has 204 valence electrons. The van der Waals surface area contributed by atoms with Crippen molar-refractivity contribution in [1.82, 2.24) is 0 Å². The zero-order chi connectivity index (χ0) is 27.3. The van der Waals surface area contributed by atoms with E-state index in [1.807, 2.05) is 66.7 Å². The number of unbranched alkanes of at least 4 members (excludes halogenated alkanes) is 5. The monoisotopic (exact) mass is 528 g/mol. The average molecular weight is 529 g/mol. The van der Waals surface area contributed by atoms with Gasteiger partial charge in [-0.25, -0.2) is 4.39 Å². The number of aromatic hydroxyl groups is 1. The molecule has 1 N–H and O–H groups in total. The van der Waals surface area contributed by atoms with Gasteiger partial charge in [0.25, 0.3) is 0 Å². The molecule has 4 nitrogen and oxygen atoms in total. The highest BCUT2D eigenvalue weighted by atomic mass is 19.1. The van der Waals surface area contributed by atoms with Crippen molar-refractivity contribution < 1.29 is 23.7 Å². The maximum atomic E-state index is 15.1. The van der Waals surface area contributed by atoms with E-state index in [2.05, 4.69) is 6.92 Å². The van der Waals surface area contributed by atoms with E-state index in [0.717, 1.165) is 24.0 Å². The van der Waals surface area contributed by atoms with E-state index in [4.69, 9.17) is 14.2 Å². The maximum Gasteiger partial charge on any atom is 0.165 e. The van der Waals surface area contributed by atoms with Gasteiger partial charge in [0, 0.05) is 11.6 Å². The molecule has 0 heterocycles. The molecule has 0 amide bonds. The van der Waals surface area contributed by atoms with E-state index < -0.39 is 5.82 Å². The Morgan fingerprint density at radius 3 is 1.87 bits per heavy atom. The summed E-state index contributed by atoms with van der Waals surface area (Å²) in [6.45, 7) is 3.28. The molecule has 0 unspecified atom stereocenters. The topological polar surface area (TPSA) is 47.9 Å². The summed E-state index contributed by atoms with van der Waals surface area (Å²) < 4.78 is 32.9. The first kappa shape index (κ1) is 28.0. The van der Waals surface area contributed by atoms with Crippen LogP contribution in [0.3, 0.4) is 0 Å². The van der Waals surface area contributed by atoms with Crippen molar-refractivity contribution in [3.05, 3.63) is 108 Å². The first-order valence-electron chi connectivity index (χ1n) is 13.8. The fourth-order valence-corrected chi connectivity index (χ4v) is 4.33. The van der Waals surface area contributed by atoms with Gasteiger partial charge in [-0.3, -0.25) is 0 Å². The van der Waals surface area contributed by atoms with Crippen molar-refractivity contribution in [3.63, 3.8) is 0 Å². The van der Waals surface area contributed by atoms with Gasteiger partial charge in [0.15, 0.2) is 23.1 Å². The molecule has 4 aromatic rings. The lowest BCUT2D eigenvalue weighted by molar-refractivity contribution is 0.282. The van der Waals surface area contributed by atoms with Gasteiger partial charge in [0.2, 0.25) is 0 Å². The Kier molecular flexibility index (Phi) is 10.6. The van der Waals surface area contributed by atoms with Crippen LogP contribution >= 0.6 is 0 Å². The molecule has 0 saturated carbocycles. The summed E-state index contributed by atoms with van der Waals surface area (Å²) in [7, 11) is 0. The van der Waals surface area contributed by atoms with E-state index in [9.17, 15) is 5.11 Å². The van der Waals surface area contributed by atoms with Crippen molar-refractivity contribution in [3.8, 4) is 34.1 Å². The number of hydrogen-bond acceptors (Lipinski definition) is 4. The van der Waals surface area contributed by atoms with Crippen molar-refractivity contribution in [1.29, 1.82) is 0 Å². The molecule has 0 radical (unpaired) electrons. The number of benzene rings is 4. The minimum atomic E-state index is -0.438. The molecular weight excluding hydrogens is 491 g/mol. The van der Waals surface area contributed by atoms with Crippen molar-refractivity contribution >= 4 is 0 Å². The van der Waals surface area contributed by atoms with Crippen LogP contribution in [0.15, 0.2) is 91.0 Å². The molecule has 0 spiro atoms. The third-order valence-corrected chi connectivity index (χ3v) is 6.53. The van der Waals surface area contributed by atoms with Gasteiger partial charge in [-0.05, 0) is 41.3 Å². The normalized spacial score (nSPS) is 10.8. The number of ether oxygens (including phenoxy) is 3. The summed E-state index contributed by atoms with van der Waals surface area (Å²) >= 11 is 0. The first-order valence-corrected chi connectivity index (χ1v) is 13.8. The Morgan fingerprint density at radius 1 is 0.615 bits per heavy atom. The van der Waals surface area contributed by atoms with E-state index in [1.165, 1.54) is 37.8 Å². The van der Waals surface area contributed by atoms with Crippen LogP contribution in [-0.2, 0) is 13.2 Å². The molecular formula is C34H37FO4. The highest BCUT2D eigenvalue weighted by Gasteiger charge is 2.16. The van der Waals surface area contributed by atoms with E-state index in [0.29, 0.717) is 35.8 Å². The molecule has 0 atom stereocenters. The maximum absolute atomic E-state index is 15.1. The van der Waals surface area contributed by atoms with E-state index in [1.54, 1.807) is 12.1 Å². The molecule has 0 aliphatic rings. The largest absolute Gasteiger partial charge is 0.504 e. The van der Waals surface area contributed by atoms with Crippen molar-refractivity contribution in [2.24, 2.45) is 0 Å². The Bertz CT molecular complexity index is 1290. The minimum Gasteiger partial charge on any atom is -0.504 e. The molecule has 0 bridgehead atoms. The zero-order valence-electron chi connectivity index (χ0n) is 22.6. The summed E-state index contributed by atoms with van der Waals surface area (Å²) in [5, 5.41) is 10.7. The lowest BCUT2D eigenvalue weighted by Gasteiger charge is -2.16. The van der Waals surface area contributed by atoms with Crippen LogP contribution in [0, 0.1) is 5.82 Å². The van der Waals surface area contributed by atoms with Crippen molar-refractivity contribution in [2.75, 3.05) is 6.61 Å². The third kappa shape index (κ3) is 8.51. The van der Waals surface area contributed by atoms with E-state index in [-0.39, 0.29) is 18.1 Å². The molecule has 5 heteroatoms. The van der Waals surface area contributed by atoms with Gasteiger partial charge in [0.1, 0.15) is 19.0 Å². The number of hydrogen-bond donors (Lipinski definition) is 1. The fourth-order valence-electron chi connectivity index (χ4n) is 4.33. The van der Waals surface area contributed by atoms with Crippen LogP contribution in [0.2, 0.25) is 0 Å². The highest BCUT2D eigenvalue weighted by Crippen LogP contribution is 2.41. The summed E-state index contributed by atoms with van der Waals surface area (Å²) in [5.41, 5.74) is 3.18. The van der Waals surface area contributed by atoms with Crippen LogP contribution in [0.25, 0.3) is 11.1 Å². The lowest BCUT2D eigenvalue weighted by Crippen LogP contribution is -2.01. The van der Waals surface area contributed by atoms with Gasteiger partial charge in [-0.2, -0.15) is 0 Å². The molecule has 39 heavy (non-hydrogen) atoms. The second kappa shape index (κ2) is 14.8. The quantitative estimate of drug-likeness (QED) is 0.156. The number of rotatable bonds is 15. The number of phenols is 1. The van der Waals surface area contributed by atoms with E-state index >= 15 is 4.39 Å². The second-order valence-corrected chi connectivity index (χ2v) is 9.63. The second-order valence-electron chi connectivity index (χ2n) is 9.63. The summed E-state index contributed by atoms with van der Waals surface area (Å²) in [4.78, 5) is 0. The SMILES string of the molecule is CCCCCCCCOc1ccc(-c2cc(OCc3ccccc3)c(O)cc2OCc2ccccc2)cc1F. The zero-order valence-corrected chi connectivity index (χ0v) is 22.6.